The summed E-state index contributed by atoms with van der Waals surface area (Å²) in [6.07, 6.45) is 25.3. The third-order valence-corrected chi connectivity index (χ3v) is 7.83. The van der Waals surface area contributed by atoms with Crippen molar-refractivity contribution in [2.24, 2.45) is 0 Å². The second kappa shape index (κ2) is 21.1. The zero-order chi connectivity index (χ0) is 21.6. The molecule has 2 nitrogen and oxygen atoms in total. The molecule has 2 atom stereocenters. The van der Waals surface area contributed by atoms with E-state index in [0.717, 1.165) is 25.8 Å². The summed E-state index contributed by atoms with van der Waals surface area (Å²) in [5.74, 6) is 0.271. The van der Waals surface area contributed by atoms with Crippen molar-refractivity contribution in [1.82, 2.24) is 5.32 Å². The molecule has 1 N–H and O–H groups in total. The largest absolute Gasteiger partial charge is 0.356 e. The molecule has 174 valence electrons. The number of hydrogen-bond donors (Lipinski definition) is 1. The molecule has 1 amide bonds. The van der Waals surface area contributed by atoms with E-state index in [2.05, 4.69) is 19.2 Å². The molecule has 0 bridgehead atoms. The summed E-state index contributed by atoms with van der Waals surface area (Å²) in [6.45, 7) is 9.55. The first-order chi connectivity index (χ1) is 14.2. The summed E-state index contributed by atoms with van der Waals surface area (Å²) in [5, 5.41) is 3.75. The molecule has 0 aromatic heterocycles. The van der Waals surface area contributed by atoms with Gasteiger partial charge in [0.15, 0.2) is 0 Å². The maximum atomic E-state index is 11.8. The molecule has 0 spiro atoms. The van der Waals surface area contributed by atoms with Crippen molar-refractivity contribution in [1.29, 1.82) is 0 Å². The molecule has 29 heavy (non-hydrogen) atoms. The Labute approximate surface area is 185 Å². The standard InChI is InChI=1S/C24H48NOP.C2H6/c1-3-4-5-6-7-8-9-10-11-12-13-14-15-16-17-19-23(26)25-21-18-20-24(2)22-27-24;1-2/h27H,3-22H2,1-2H3,(H,25,26);1-2H3. The number of rotatable bonds is 20. The minimum absolute atomic E-state index is 0.271. The van der Waals surface area contributed by atoms with E-state index < -0.39 is 0 Å². The molecular formula is C26H54NOP. The average Bonchev–Trinajstić information content (AvgIpc) is 3.47. The van der Waals surface area contributed by atoms with Gasteiger partial charge in [0, 0.05) is 13.0 Å². The van der Waals surface area contributed by atoms with Gasteiger partial charge in [0.1, 0.15) is 0 Å². The Balaban J connectivity index is 0.00000379. The molecule has 0 radical (unpaired) electrons. The molecule has 1 saturated heterocycles. The van der Waals surface area contributed by atoms with Crippen molar-refractivity contribution >= 4 is 14.5 Å². The number of carbonyl (C=O) groups is 1. The van der Waals surface area contributed by atoms with E-state index in [-0.39, 0.29) is 5.91 Å². The molecule has 0 aromatic carbocycles. The van der Waals surface area contributed by atoms with Crippen LogP contribution in [0.25, 0.3) is 0 Å². The smallest absolute Gasteiger partial charge is 0.219 e. The predicted molar refractivity (Wildman–Crippen MR) is 135 cm³/mol. The lowest BCUT2D eigenvalue weighted by Crippen LogP contribution is -2.24. The fourth-order valence-electron chi connectivity index (χ4n) is 3.78. The van der Waals surface area contributed by atoms with Crippen LogP contribution in [0.2, 0.25) is 0 Å². The van der Waals surface area contributed by atoms with Crippen LogP contribution in [0.3, 0.4) is 0 Å². The van der Waals surface area contributed by atoms with Gasteiger partial charge in [-0.15, -0.1) is 8.58 Å². The van der Waals surface area contributed by atoms with Gasteiger partial charge in [-0.1, -0.05) is 118 Å². The highest BCUT2D eigenvalue weighted by molar-refractivity contribution is 7.49. The monoisotopic (exact) mass is 427 g/mol. The number of hydrogen-bond acceptors (Lipinski definition) is 1. The van der Waals surface area contributed by atoms with Gasteiger partial charge in [-0.2, -0.15) is 0 Å². The molecule has 1 fully saturated rings. The van der Waals surface area contributed by atoms with Crippen molar-refractivity contribution in [3.63, 3.8) is 0 Å². The first-order valence-electron chi connectivity index (χ1n) is 13.2. The Hall–Kier alpha value is -0.100. The van der Waals surface area contributed by atoms with Crippen molar-refractivity contribution in [2.75, 3.05) is 12.7 Å². The van der Waals surface area contributed by atoms with Gasteiger partial charge >= 0.3 is 0 Å². The van der Waals surface area contributed by atoms with Gasteiger partial charge in [-0.25, -0.2) is 0 Å². The summed E-state index contributed by atoms with van der Waals surface area (Å²) in [4.78, 5) is 11.8. The zero-order valence-corrected chi connectivity index (χ0v) is 21.6. The van der Waals surface area contributed by atoms with Crippen LogP contribution in [0, 0.1) is 0 Å². The van der Waals surface area contributed by atoms with E-state index in [4.69, 9.17) is 0 Å². The molecular weight excluding hydrogens is 373 g/mol. The molecule has 0 aliphatic carbocycles. The number of unbranched alkanes of at least 4 members (excludes halogenated alkanes) is 14. The quantitative estimate of drug-likeness (QED) is 0.153. The molecule has 1 aliphatic heterocycles. The number of carbonyl (C=O) groups excluding carboxylic acids is 1. The summed E-state index contributed by atoms with van der Waals surface area (Å²) >= 11 is 0. The SMILES string of the molecule is CC.CCCCCCCCCCCCCCCCCC(=O)NCCCC1(C)CP1. The van der Waals surface area contributed by atoms with Crippen LogP contribution >= 0.6 is 8.58 Å². The fraction of sp³-hybridized carbons (Fsp3) is 0.962. The molecule has 1 heterocycles. The number of nitrogens with one attached hydrogen (secondary N) is 1. The zero-order valence-electron chi connectivity index (χ0n) is 20.6. The van der Waals surface area contributed by atoms with Gasteiger partial charge in [0.2, 0.25) is 5.91 Å². The van der Waals surface area contributed by atoms with E-state index in [9.17, 15) is 4.79 Å². The van der Waals surface area contributed by atoms with Crippen LogP contribution < -0.4 is 5.32 Å². The average molecular weight is 428 g/mol. The maximum Gasteiger partial charge on any atom is 0.219 e. The first kappa shape index (κ1) is 28.9. The van der Waals surface area contributed by atoms with Gasteiger partial charge in [0.05, 0.1) is 0 Å². The highest BCUT2D eigenvalue weighted by Crippen LogP contribution is 2.54. The van der Waals surface area contributed by atoms with Gasteiger partial charge in [-0.3, -0.25) is 4.79 Å². The third kappa shape index (κ3) is 20.9. The van der Waals surface area contributed by atoms with E-state index in [1.165, 1.54) is 111 Å². The Morgan fingerprint density at radius 1 is 0.759 bits per heavy atom. The van der Waals surface area contributed by atoms with Crippen molar-refractivity contribution in [2.45, 2.75) is 148 Å². The van der Waals surface area contributed by atoms with Crippen LogP contribution in [-0.2, 0) is 4.79 Å². The third-order valence-electron chi connectivity index (χ3n) is 6.02. The van der Waals surface area contributed by atoms with E-state index in [0.29, 0.717) is 5.16 Å². The Morgan fingerprint density at radius 2 is 1.17 bits per heavy atom. The first-order valence-corrected chi connectivity index (χ1v) is 14.4. The summed E-state index contributed by atoms with van der Waals surface area (Å²) in [6, 6.07) is 0. The topological polar surface area (TPSA) is 29.1 Å². The second-order valence-electron chi connectivity index (χ2n) is 9.07. The van der Waals surface area contributed by atoms with Crippen LogP contribution in [0.15, 0.2) is 0 Å². The van der Waals surface area contributed by atoms with E-state index >= 15 is 0 Å². The summed E-state index contributed by atoms with van der Waals surface area (Å²) in [7, 11) is 1.17. The Morgan fingerprint density at radius 3 is 1.59 bits per heavy atom. The van der Waals surface area contributed by atoms with Crippen LogP contribution in [-0.4, -0.2) is 23.8 Å². The molecule has 2 unspecified atom stereocenters. The van der Waals surface area contributed by atoms with E-state index in [1.54, 1.807) is 0 Å². The Bertz CT molecular complexity index is 355. The fourth-order valence-corrected chi connectivity index (χ4v) is 4.61. The summed E-state index contributed by atoms with van der Waals surface area (Å²) in [5.41, 5.74) is 0. The lowest BCUT2D eigenvalue weighted by atomic mass is 10.0. The van der Waals surface area contributed by atoms with Gasteiger partial charge in [0.25, 0.3) is 0 Å². The maximum absolute atomic E-state index is 11.8. The van der Waals surface area contributed by atoms with Gasteiger partial charge < -0.3 is 5.32 Å². The highest BCUT2D eigenvalue weighted by atomic mass is 31.1. The van der Waals surface area contributed by atoms with Crippen molar-refractivity contribution < 1.29 is 4.79 Å². The second-order valence-corrected chi connectivity index (χ2v) is 11.0. The highest BCUT2D eigenvalue weighted by Gasteiger charge is 2.35. The predicted octanol–water partition coefficient (Wildman–Crippen LogP) is 8.62. The van der Waals surface area contributed by atoms with Crippen molar-refractivity contribution in [3.8, 4) is 0 Å². The lowest BCUT2D eigenvalue weighted by molar-refractivity contribution is -0.121. The molecule has 0 aromatic rings. The Kier molecular flexibility index (Phi) is 21.1. The molecule has 1 rings (SSSR count). The molecule has 3 heteroatoms. The molecule has 0 saturated carbocycles. The minimum atomic E-state index is 0.271. The van der Waals surface area contributed by atoms with Crippen LogP contribution in [0.4, 0.5) is 0 Å². The summed E-state index contributed by atoms with van der Waals surface area (Å²) < 4.78 is 0. The van der Waals surface area contributed by atoms with Gasteiger partial charge in [-0.05, 0) is 30.6 Å². The minimum Gasteiger partial charge on any atom is -0.356 e. The number of amides is 1. The molecule has 1 aliphatic rings. The van der Waals surface area contributed by atoms with E-state index in [1.807, 2.05) is 13.8 Å². The van der Waals surface area contributed by atoms with Crippen molar-refractivity contribution in [3.05, 3.63) is 0 Å². The lowest BCUT2D eigenvalue weighted by Gasteiger charge is -2.08. The van der Waals surface area contributed by atoms with Crippen LogP contribution in [0.5, 0.6) is 0 Å². The van der Waals surface area contributed by atoms with Crippen LogP contribution in [0.1, 0.15) is 143 Å². The normalized spacial score (nSPS) is 18.3.